The summed E-state index contributed by atoms with van der Waals surface area (Å²) >= 11 is 1.23. The number of carbonyl (C=O) groups is 2. The highest BCUT2D eigenvalue weighted by molar-refractivity contribution is 7.07. The fourth-order valence-electron chi connectivity index (χ4n) is 3.85. The number of nitrogens with zero attached hydrogens (tertiary/aromatic N) is 2. The van der Waals surface area contributed by atoms with Gasteiger partial charge in [-0.1, -0.05) is 48.3 Å². The van der Waals surface area contributed by atoms with Gasteiger partial charge in [0.1, 0.15) is 18.1 Å². The van der Waals surface area contributed by atoms with Gasteiger partial charge in [-0.3, -0.25) is 14.2 Å². The molecule has 1 aliphatic heterocycles. The molecule has 2 aromatic carbocycles. The van der Waals surface area contributed by atoms with Gasteiger partial charge in [-0.25, -0.2) is 9.79 Å². The fourth-order valence-corrected chi connectivity index (χ4v) is 4.89. The van der Waals surface area contributed by atoms with Gasteiger partial charge in [0.05, 0.1) is 29.0 Å². The molecule has 9 heteroatoms. The molecule has 0 radical (unpaired) electrons. The van der Waals surface area contributed by atoms with Gasteiger partial charge in [0.25, 0.3) is 5.56 Å². The van der Waals surface area contributed by atoms with Crippen molar-refractivity contribution in [2.75, 3.05) is 13.7 Å². The number of ether oxygens (including phenoxy) is 3. The number of fused-ring (bicyclic) bond motifs is 1. The van der Waals surface area contributed by atoms with Crippen LogP contribution in [0.1, 0.15) is 31.0 Å². The first-order valence-electron chi connectivity index (χ1n) is 11.1. The standard InChI is InChI=1S/C27H24N2O6S/c1-5-14-34-26(32)23-16(2)28-27-29(24(23)19-8-12-20(33-4)13-9-19)25(31)22(36-27)15-18-6-10-21(11-7-18)35-17(3)30/h5-13,15,24H,1,14H2,2-4H3. The zero-order valence-corrected chi connectivity index (χ0v) is 20.8. The molecule has 0 N–H and O–H groups in total. The van der Waals surface area contributed by atoms with Crippen molar-refractivity contribution in [2.45, 2.75) is 19.9 Å². The van der Waals surface area contributed by atoms with E-state index in [-0.39, 0.29) is 17.7 Å². The zero-order chi connectivity index (χ0) is 25.8. The van der Waals surface area contributed by atoms with E-state index >= 15 is 0 Å². The number of methoxy groups -OCH3 is 1. The molecule has 0 fully saturated rings. The molecule has 2 heterocycles. The highest BCUT2D eigenvalue weighted by Crippen LogP contribution is 2.31. The summed E-state index contributed by atoms with van der Waals surface area (Å²) in [7, 11) is 1.57. The Labute approximate surface area is 211 Å². The number of benzene rings is 2. The van der Waals surface area contributed by atoms with Crippen LogP contribution in [0, 0.1) is 0 Å². The Bertz CT molecular complexity index is 1530. The van der Waals surface area contributed by atoms with Crippen molar-refractivity contribution in [1.82, 2.24) is 4.57 Å². The largest absolute Gasteiger partial charge is 0.497 e. The van der Waals surface area contributed by atoms with Crippen LogP contribution >= 0.6 is 11.3 Å². The molecule has 184 valence electrons. The maximum Gasteiger partial charge on any atom is 0.338 e. The molecule has 0 saturated carbocycles. The van der Waals surface area contributed by atoms with Crippen LogP contribution in [0.3, 0.4) is 0 Å². The van der Waals surface area contributed by atoms with Gasteiger partial charge in [-0.2, -0.15) is 0 Å². The van der Waals surface area contributed by atoms with Crippen molar-refractivity contribution in [3.8, 4) is 11.5 Å². The molecule has 1 aliphatic rings. The van der Waals surface area contributed by atoms with Gasteiger partial charge in [-0.05, 0) is 48.4 Å². The van der Waals surface area contributed by atoms with Crippen molar-refractivity contribution in [3.05, 3.63) is 103 Å². The lowest BCUT2D eigenvalue weighted by Gasteiger charge is -2.24. The third-order valence-electron chi connectivity index (χ3n) is 5.44. The smallest absolute Gasteiger partial charge is 0.338 e. The Balaban J connectivity index is 1.84. The van der Waals surface area contributed by atoms with E-state index in [0.717, 1.165) is 5.56 Å². The molecule has 0 bridgehead atoms. The van der Waals surface area contributed by atoms with Crippen LogP contribution in [0.15, 0.2) is 82.2 Å². The van der Waals surface area contributed by atoms with Crippen molar-refractivity contribution >= 4 is 29.4 Å². The first kappa shape index (κ1) is 24.9. The van der Waals surface area contributed by atoms with Crippen molar-refractivity contribution < 1.29 is 23.8 Å². The molecule has 1 atom stereocenters. The number of esters is 2. The van der Waals surface area contributed by atoms with Crippen molar-refractivity contribution in [3.63, 3.8) is 0 Å². The zero-order valence-electron chi connectivity index (χ0n) is 20.0. The Morgan fingerprint density at radius 2 is 1.78 bits per heavy atom. The van der Waals surface area contributed by atoms with E-state index in [0.29, 0.717) is 32.1 Å². The lowest BCUT2D eigenvalue weighted by Crippen LogP contribution is -2.39. The number of allylic oxidation sites excluding steroid dienone is 1. The first-order valence-corrected chi connectivity index (χ1v) is 11.9. The predicted octanol–water partition coefficient (Wildman–Crippen LogP) is 2.90. The van der Waals surface area contributed by atoms with Crippen LogP contribution in [-0.2, 0) is 14.3 Å². The quantitative estimate of drug-likeness (QED) is 0.279. The molecule has 4 rings (SSSR count). The third kappa shape index (κ3) is 5.06. The average Bonchev–Trinajstić information content (AvgIpc) is 3.16. The molecule has 8 nitrogen and oxygen atoms in total. The van der Waals surface area contributed by atoms with Crippen LogP contribution in [0.4, 0.5) is 0 Å². The van der Waals surface area contributed by atoms with Crippen molar-refractivity contribution in [1.29, 1.82) is 0 Å². The predicted molar refractivity (Wildman–Crippen MR) is 136 cm³/mol. The fraction of sp³-hybridized carbons (Fsp3) is 0.185. The normalized spacial score (nSPS) is 15.1. The summed E-state index contributed by atoms with van der Waals surface area (Å²) in [6, 6.07) is 13.3. The molecule has 1 aromatic heterocycles. The Kier molecular flexibility index (Phi) is 7.30. The minimum Gasteiger partial charge on any atom is -0.497 e. The van der Waals surface area contributed by atoms with Gasteiger partial charge < -0.3 is 14.2 Å². The topological polar surface area (TPSA) is 96.2 Å². The van der Waals surface area contributed by atoms with Crippen LogP contribution < -0.4 is 24.4 Å². The molecule has 1 unspecified atom stereocenters. The number of hydrogen-bond acceptors (Lipinski definition) is 8. The highest BCUT2D eigenvalue weighted by atomic mass is 32.1. The van der Waals surface area contributed by atoms with Gasteiger partial charge in [0.2, 0.25) is 0 Å². The number of carbonyl (C=O) groups excluding carboxylic acids is 2. The summed E-state index contributed by atoms with van der Waals surface area (Å²) in [5, 5.41) is 0. The summed E-state index contributed by atoms with van der Waals surface area (Å²) in [6.07, 6.45) is 3.22. The average molecular weight is 505 g/mol. The Morgan fingerprint density at radius 1 is 1.11 bits per heavy atom. The molecular formula is C27H24N2O6S. The van der Waals surface area contributed by atoms with E-state index in [4.69, 9.17) is 14.2 Å². The molecule has 0 amide bonds. The van der Waals surface area contributed by atoms with Gasteiger partial charge >= 0.3 is 11.9 Å². The minimum absolute atomic E-state index is 0.0404. The molecule has 0 saturated heterocycles. The Hall–Kier alpha value is -4.24. The van der Waals surface area contributed by atoms with E-state index in [1.54, 1.807) is 56.5 Å². The minimum atomic E-state index is -0.724. The number of aromatic nitrogens is 1. The van der Waals surface area contributed by atoms with Crippen LogP contribution in [0.25, 0.3) is 6.08 Å². The summed E-state index contributed by atoms with van der Waals surface area (Å²) in [5.74, 6) is 0.0958. The van der Waals surface area contributed by atoms with Crippen LogP contribution in [0.2, 0.25) is 0 Å². The maximum atomic E-state index is 13.6. The van der Waals surface area contributed by atoms with Gasteiger partial charge in [0, 0.05) is 6.92 Å². The highest BCUT2D eigenvalue weighted by Gasteiger charge is 2.33. The van der Waals surface area contributed by atoms with Crippen LogP contribution in [0.5, 0.6) is 11.5 Å². The van der Waals surface area contributed by atoms with Crippen LogP contribution in [-0.4, -0.2) is 30.2 Å². The van der Waals surface area contributed by atoms with Crippen molar-refractivity contribution in [2.24, 2.45) is 4.99 Å². The molecule has 3 aromatic rings. The first-order chi connectivity index (χ1) is 17.3. The van der Waals surface area contributed by atoms with Gasteiger partial charge in [-0.15, -0.1) is 0 Å². The molecular weight excluding hydrogens is 480 g/mol. The monoisotopic (exact) mass is 504 g/mol. The van der Waals surface area contributed by atoms with E-state index in [9.17, 15) is 14.4 Å². The summed E-state index contributed by atoms with van der Waals surface area (Å²) < 4.78 is 17.6. The second-order valence-corrected chi connectivity index (χ2v) is 8.91. The Morgan fingerprint density at radius 3 is 2.39 bits per heavy atom. The lowest BCUT2D eigenvalue weighted by atomic mass is 9.96. The maximum absolute atomic E-state index is 13.6. The van der Waals surface area contributed by atoms with E-state index in [2.05, 4.69) is 11.6 Å². The van der Waals surface area contributed by atoms with E-state index in [1.165, 1.54) is 28.9 Å². The van der Waals surface area contributed by atoms with E-state index in [1.807, 2.05) is 12.1 Å². The van der Waals surface area contributed by atoms with Gasteiger partial charge in [0.15, 0.2) is 4.80 Å². The van der Waals surface area contributed by atoms with E-state index < -0.39 is 18.0 Å². The summed E-state index contributed by atoms with van der Waals surface area (Å²) in [4.78, 5) is 42.9. The number of thiazole rings is 1. The molecule has 0 aliphatic carbocycles. The third-order valence-corrected chi connectivity index (χ3v) is 6.43. The molecule has 0 spiro atoms. The lowest BCUT2D eigenvalue weighted by molar-refractivity contribution is -0.138. The second kappa shape index (κ2) is 10.6. The number of hydrogen-bond donors (Lipinski definition) is 0. The summed E-state index contributed by atoms with van der Waals surface area (Å²) in [5.41, 5.74) is 1.94. The SMILES string of the molecule is C=CCOC(=O)C1=C(C)N=c2sc(=Cc3ccc(OC(C)=O)cc3)c(=O)n2C1c1ccc(OC)cc1. The second-order valence-electron chi connectivity index (χ2n) is 7.90. The molecule has 36 heavy (non-hydrogen) atoms. The number of rotatable bonds is 7. The summed E-state index contributed by atoms with van der Waals surface area (Å²) in [6.45, 7) is 6.69.